The molecule has 0 aliphatic heterocycles. The van der Waals surface area contributed by atoms with Crippen LogP contribution < -0.4 is 0 Å². The lowest BCUT2D eigenvalue weighted by Gasteiger charge is -2.27. The van der Waals surface area contributed by atoms with Crippen LogP contribution in [0, 0.1) is 0 Å². The summed E-state index contributed by atoms with van der Waals surface area (Å²) in [5.74, 6) is 0. The van der Waals surface area contributed by atoms with Crippen LogP contribution in [0.3, 0.4) is 0 Å². The van der Waals surface area contributed by atoms with Crippen molar-refractivity contribution in [1.29, 1.82) is 0 Å². The number of aliphatic hydroxyl groups excluding tert-OH is 1. The molecule has 0 amide bonds. The van der Waals surface area contributed by atoms with Gasteiger partial charge in [0.25, 0.3) is 6.08 Å². The summed E-state index contributed by atoms with van der Waals surface area (Å²) in [5.41, 5.74) is -0.0381. The highest BCUT2D eigenvalue weighted by atomic mass is 19.3. The standard InChI is InChI=1S/C11H16F2O2/c12-10(13)8-1-3-9(4-2-8)15-11(7-14)5-6-11/h9,14H,1-7H2. The van der Waals surface area contributed by atoms with Crippen LogP contribution >= 0.6 is 0 Å². The summed E-state index contributed by atoms with van der Waals surface area (Å²) in [7, 11) is 0. The van der Waals surface area contributed by atoms with Gasteiger partial charge in [0, 0.05) is 0 Å². The van der Waals surface area contributed by atoms with E-state index in [0.29, 0.717) is 25.7 Å². The van der Waals surface area contributed by atoms with Crippen molar-refractivity contribution in [3.63, 3.8) is 0 Å². The van der Waals surface area contributed by atoms with Gasteiger partial charge in [0.05, 0.1) is 18.3 Å². The minimum atomic E-state index is -1.52. The summed E-state index contributed by atoms with van der Waals surface area (Å²) >= 11 is 0. The molecule has 0 heterocycles. The van der Waals surface area contributed by atoms with E-state index in [1.807, 2.05) is 0 Å². The first kappa shape index (κ1) is 11.0. The molecule has 0 radical (unpaired) electrons. The highest BCUT2D eigenvalue weighted by Gasteiger charge is 2.45. The van der Waals surface area contributed by atoms with Crippen molar-refractivity contribution in [2.45, 2.75) is 50.2 Å². The Labute approximate surface area is 87.9 Å². The van der Waals surface area contributed by atoms with E-state index in [2.05, 4.69) is 0 Å². The van der Waals surface area contributed by atoms with Crippen molar-refractivity contribution < 1.29 is 18.6 Å². The lowest BCUT2D eigenvalue weighted by Crippen LogP contribution is -2.28. The van der Waals surface area contributed by atoms with Gasteiger partial charge in [0.15, 0.2) is 0 Å². The van der Waals surface area contributed by atoms with Gasteiger partial charge >= 0.3 is 0 Å². The molecule has 0 aromatic rings. The Balaban J connectivity index is 1.81. The zero-order valence-electron chi connectivity index (χ0n) is 8.64. The molecule has 2 nitrogen and oxygen atoms in total. The Kier molecular flexibility index (Phi) is 3.07. The fraction of sp³-hybridized carbons (Fsp3) is 0.818. The van der Waals surface area contributed by atoms with Gasteiger partial charge < -0.3 is 9.84 Å². The Morgan fingerprint density at radius 2 is 1.93 bits per heavy atom. The normalized spacial score (nSPS) is 29.0. The SMILES string of the molecule is OCC1(OC2CCC(=C(F)F)CC2)CC1. The van der Waals surface area contributed by atoms with Crippen molar-refractivity contribution in [3.05, 3.63) is 11.7 Å². The second kappa shape index (κ2) is 4.18. The molecule has 2 saturated carbocycles. The van der Waals surface area contributed by atoms with Crippen LogP contribution in [-0.2, 0) is 4.74 Å². The first-order valence-corrected chi connectivity index (χ1v) is 5.47. The molecular formula is C11H16F2O2. The van der Waals surface area contributed by atoms with Crippen molar-refractivity contribution >= 4 is 0 Å². The van der Waals surface area contributed by atoms with E-state index in [4.69, 9.17) is 9.84 Å². The summed E-state index contributed by atoms with van der Waals surface area (Å²) < 4.78 is 30.3. The number of ether oxygens (including phenoxy) is 1. The van der Waals surface area contributed by atoms with Crippen molar-refractivity contribution in [3.8, 4) is 0 Å². The Morgan fingerprint density at radius 1 is 1.33 bits per heavy atom. The van der Waals surface area contributed by atoms with E-state index in [1.165, 1.54) is 0 Å². The molecule has 4 heteroatoms. The molecule has 86 valence electrons. The molecule has 2 rings (SSSR count). The number of allylic oxidation sites excluding steroid dienone is 1. The summed E-state index contributed by atoms with van der Waals surface area (Å²) in [6.07, 6.45) is 2.55. The Bertz CT molecular complexity index is 258. The largest absolute Gasteiger partial charge is 0.393 e. The van der Waals surface area contributed by atoms with Crippen molar-refractivity contribution in [2.75, 3.05) is 6.61 Å². The zero-order chi connectivity index (χ0) is 10.9. The minimum absolute atomic E-state index is 0.0581. The van der Waals surface area contributed by atoms with Gasteiger partial charge in [-0.05, 0) is 44.1 Å². The van der Waals surface area contributed by atoms with Crippen LogP contribution in [-0.4, -0.2) is 23.4 Å². The maximum Gasteiger partial charge on any atom is 0.269 e. The predicted molar refractivity (Wildman–Crippen MR) is 51.6 cm³/mol. The summed E-state index contributed by atoms with van der Waals surface area (Å²) in [6.45, 7) is 0.0592. The average molecular weight is 218 g/mol. The van der Waals surface area contributed by atoms with Gasteiger partial charge in [-0.2, -0.15) is 8.78 Å². The lowest BCUT2D eigenvalue weighted by molar-refractivity contribution is -0.0667. The van der Waals surface area contributed by atoms with Gasteiger partial charge in [-0.25, -0.2) is 0 Å². The Hall–Kier alpha value is -0.480. The monoisotopic (exact) mass is 218 g/mol. The first-order chi connectivity index (χ1) is 7.15. The molecule has 2 aliphatic rings. The first-order valence-electron chi connectivity index (χ1n) is 5.47. The lowest BCUT2D eigenvalue weighted by atomic mass is 9.93. The molecule has 15 heavy (non-hydrogen) atoms. The van der Waals surface area contributed by atoms with Crippen molar-refractivity contribution in [1.82, 2.24) is 0 Å². The second-order valence-electron chi connectivity index (χ2n) is 4.52. The summed E-state index contributed by atoms with van der Waals surface area (Å²) in [6, 6.07) is 0. The molecular weight excluding hydrogens is 202 g/mol. The van der Waals surface area contributed by atoms with Crippen LogP contribution in [0.4, 0.5) is 8.78 Å². The minimum Gasteiger partial charge on any atom is -0.393 e. The molecule has 1 N–H and O–H groups in total. The van der Waals surface area contributed by atoms with E-state index in [0.717, 1.165) is 12.8 Å². The highest BCUT2D eigenvalue weighted by molar-refractivity contribution is 5.06. The van der Waals surface area contributed by atoms with Gasteiger partial charge in [-0.3, -0.25) is 0 Å². The highest BCUT2D eigenvalue weighted by Crippen LogP contribution is 2.42. The third-order valence-corrected chi connectivity index (χ3v) is 3.32. The summed E-state index contributed by atoms with van der Waals surface area (Å²) in [5, 5.41) is 9.07. The second-order valence-corrected chi connectivity index (χ2v) is 4.52. The van der Waals surface area contributed by atoms with Crippen LogP contribution in [0.15, 0.2) is 11.7 Å². The van der Waals surface area contributed by atoms with E-state index in [9.17, 15) is 8.78 Å². The van der Waals surface area contributed by atoms with E-state index in [-0.39, 0.29) is 23.9 Å². The molecule has 0 spiro atoms. The van der Waals surface area contributed by atoms with Gasteiger partial charge in [0.2, 0.25) is 0 Å². The predicted octanol–water partition coefficient (Wildman–Crippen LogP) is 2.62. The van der Waals surface area contributed by atoms with Crippen LogP contribution in [0.5, 0.6) is 0 Å². The topological polar surface area (TPSA) is 29.5 Å². The smallest absolute Gasteiger partial charge is 0.269 e. The van der Waals surface area contributed by atoms with Crippen LogP contribution in [0.2, 0.25) is 0 Å². The maximum absolute atomic E-state index is 12.3. The van der Waals surface area contributed by atoms with Crippen molar-refractivity contribution in [2.24, 2.45) is 0 Å². The zero-order valence-corrected chi connectivity index (χ0v) is 8.64. The van der Waals surface area contributed by atoms with E-state index >= 15 is 0 Å². The number of hydrogen-bond donors (Lipinski definition) is 1. The third kappa shape index (κ3) is 2.55. The summed E-state index contributed by atoms with van der Waals surface area (Å²) in [4.78, 5) is 0. The molecule has 0 saturated heterocycles. The van der Waals surface area contributed by atoms with Gasteiger partial charge in [-0.1, -0.05) is 0 Å². The van der Waals surface area contributed by atoms with Gasteiger partial charge in [-0.15, -0.1) is 0 Å². The fourth-order valence-corrected chi connectivity index (χ4v) is 2.05. The molecule has 0 unspecified atom stereocenters. The number of hydrogen-bond acceptors (Lipinski definition) is 2. The van der Waals surface area contributed by atoms with E-state index < -0.39 is 6.08 Å². The van der Waals surface area contributed by atoms with Gasteiger partial charge in [0.1, 0.15) is 0 Å². The molecule has 2 aliphatic carbocycles. The number of aliphatic hydroxyl groups is 1. The molecule has 0 atom stereocenters. The number of halogens is 2. The van der Waals surface area contributed by atoms with Crippen LogP contribution in [0.25, 0.3) is 0 Å². The molecule has 0 aromatic carbocycles. The quantitative estimate of drug-likeness (QED) is 0.789. The molecule has 2 fully saturated rings. The Morgan fingerprint density at radius 3 is 2.33 bits per heavy atom. The average Bonchev–Trinajstić information content (AvgIpc) is 2.99. The molecule has 0 aromatic heterocycles. The van der Waals surface area contributed by atoms with Crippen LogP contribution in [0.1, 0.15) is 38.5 Å². The maximum atomic E-state index is 12.3. The molecule has 0 bridgehead atoms. The number of rotatable bonds is 3. The third-order valence-electron chi connectivity index (χ3n) is 3.32. The van der Waals surface area contributed by atoms with E-state index in [1.54, 1.807) is 0 Å². The fourth-order valence-electron chi connectivity index (χ4n) is 2.05.